The third kappa shape index (κ3) is 4.50. The quantitative estimate of drug-likeness (QED) is 0.893. The van der Waals surface area contributed by atoms with Crippen molar-refractivity contribution < 1.29 is 4.79 Å². The van der Waals surface area contributed by atoms with Gasteiger partial charge in [-0.3, -0.25) is 4.79 Å². The summed E-state index contributed by atoms with van der Waals surface area (Å²) in [5.74, 6) is 0.151. The lowest BCUT2D eigenvalue weighted by atomic mass is 9.86. The van der Waals surface area contributed by atoms with Gasteiger partial charge in [-0.15, -0.1) is 0 Å². The maximum Gasteiger partial charge on any atom is 0.237 e. The highest BCUT2D eigenvalue weighted by molar-refractivity contribution is 6.30. The van der Waals surface area contributed by atoms with Gasteiger partial charge >= 0.3 is 0 Å². The Morgan fingerprint density at radius 2 is 1.70 bits per heavy atom. The first-order valence-corrected chi connectivity index (χ1v) is 7.32. The molecule has 1 unspecified atom stereocenters. The van der Waals surface area contributed by atoms with Crippen molar-refractivity contribution in [2.24, 2.45) is 17.1 Å². The predicted molar refractivity (Wildman–Crippen MR) is 84.6 cm³/mol. The van der Waals surface area contributed by atoms with Gasteiger partial charge in [-0.1, -0.05) is 58.4 Å². The minimum atomic E-state index is -0.531. The van der Waals surface area contributed by atoms with E-state index in [-0.39, 0.29) is 23.3 Å². The van der Waals surface area contributed by atoms with Gasteiger partial charge in [0.1, 0.15) is 0 Å². The first-order chi connectivity index (χ1) is 9.12. The highest BCUT2D eigenvalue weighted by atomic mass is 35.5. The third-order valence-electron chi connectivity index (χ3n) is 3.41. The van der Waals surface area contributed by atoms with Crippen LogP contribution in [0.1, 0.15) is 46.2 Å². The predicted octanol–water partition coefficient (Wildman–Crippen LogP) is 3.53. The summed E-state index contributed by atoms with van der Waals surface area (Å²) in [6.07, 6.45) is 0. The van der Waals surface area contributed by atoms with E-state index in [9.17, 15) is 4.79 Å². The fourth-order valence-electron chi connectivity index (χ4n) is 1.94. The van der Waals surface area contributed by atoms with E-state index in [1.807, 2.05) is 45.0 Å². The van der Waals surface area contributed by atoms with Crippen LogP contribution in [-0.2, 0) is 4.79 Å². The molecular weight excluding hydrogens is 272 g/mol. The van der Waals surface area contributed by atoms with E-state index >= 15 is 0 Å². The Labute approximate surface area is 126 Å². The van der Waals surface area contributed by atoms with Gasteiger partial charge in [0.25, 0.3) is 0 Å². The summed E-state index contributed by atoms with van der Waals surface area (Å²) in [5, 5.41) is 3.74. The molecule has 0 fully saturated rings. The first-order valence-electron chi connectivity index (χ1n) is 6.94. The molecule has 0 aliphatic carbocycles. The van der Waals surface area contributed by atoms with Crippen LogP contribution in [0.4, 0.5) is 0 Å². The van der Waals surface area contributed by atoms with E-state index in [1.165, 1.54) is 0 Å². The number of hydrogen-bond acceptors (Lipinski definition) is 2. The lowest BCUT2D eigenvalue weighted by molar-refractivity contribution is -0.125. The van der Waals surface area contributed by atoms with Crippen molar-refractivity contribution in [3.63, 3.8) is 0 Å². The Morgan fingerprint density at radius 1 is 1.20 bits per heavy atom. The average Bonchev–Trinajstić information content (AvgIpc) is 2.34. The largest absolute Gasteiger partial charge is 0.348 e. The van der Waals surface area contributed by atoms with E-state index in [0.29, 0.717) is 5.02 Å². The zero-order valence-corrected chi connectivity index (χ0v) is 13.7. The molecule has 1 aromatic rings. The topological polar surface area (TPSA) is 55.1 Å². The molecule has 3 N–H and O–H groups in total. The van der Waals surface area contributed by atoms with Crippen molar-refractivity contribution in [2.45, 2.75) is 46.7 Å². The Morgan fingerprint density at radius 3 is 2.10 bits per heavy atom. The lowest BCUT2D eigenvalue weighted by Gasteiger charge is -2.30. The summed E-state index contributed by atoms with van der Waals surface area (Å²) >= 11 is 5.90. The molecule has 1 aromatic carbocycles. The molecule has 2 atom stereocenters. The number of rotatable bonds is 4. The number of carbonyl (C=O) groups excluding carboxylic acids is 1. The number of halogens is 1. The van der Waals surface area contributed by atoms with Gasteiger partial charge < -0.3 is 11.1 Å². The Balaban J connectivity index is 2.89. The maximum atomic E-state index is 12.3. The SMILES string of the molecule is CC(C)C(NC(=O)[C@@H](N)C(C)(C)C)c1ccc(Cl)cc1. The van der Waals surface area contributed by atoms with Crippen LogP contribution in [0, 0.1) is 11.3 Å². The molecule has 0 aliphatic rings. The monoisotopic (exact) mass is 296 g/mol. The minimum Gasteiger partial charge on any atom is -0.348 e. The molecule has 112 valence electrons. The lowest BCUT2D eigenvalue weighted by Crippen LogP contribution is -2.50. The van der Waals surface area contributed by atoms with E-state index < -0.39 is 6.04 Å². The Hall–Kier alpha value is -1.06. The second-order valence-corrected chi connectivity index (χ2v) is 7.06. The van der Waals surface area contributed by atoms with Crippen molar-refractivity contribution in [3.05, 3.63) is 34.9 Å². The fraction of sp³-hybridized carbons (Fsp3) is 0.562. The van der Waals surface area contributed by atoms with E-state index in [4.69, 9.17) is 17.3 Å². The summed E-state index contributed by atoms with van der Waals surface area (Å²) in [6, 6.07) is 6.96. The second-order valence-electron chi connectivity index (χ2n) is 6.63. The van der Waals surface area contributed by atoms with Crippen LogP contribution in [0.3, 0.4) is 0 Å². The first kappa shape index (κ1) is 17.0. The summed E-state index contributed by atoms with van der Waals surface area (Å²) in [7, 11) is 0. The van der Waals surface area contributed by atoms with Gasteiger partial charge in [-0.05, 0) is 29.0 Å². The number of nitrogens with one attached hydrogen (secondary N) is 1. The molecule has 0 spiro atoms. The normalized spacial score (nSPS) is 15.0. The molecule has 0 radical (unpaired) electrons. The van der Waals surface area contributed by atoms with E-state index in [0.717, 1.165) is 5.56 Å². The minimum absolute atomic E-state index is 0.0619. The molecule has 0 aromatic heterocycles. The van der Waals surface area contributed by atoms with Crippen LogP contribution >= 0.6 is 11.6 Å². The molecule has 1 rings (SSSR count). The second kappa shape index (κ2) is 6.59. The van der Waals surface area contributed by atoms with Gasteiger partial charge in [0.2, 0.25) is 5.91 Å². The van der Waals surface area contributed by atoms with Gasteiger partial charge in [0.05, 0.1) is 12.1 Å². The molecule has 0 heterocycles. The summed E-state index contributed by atoms with van der Waals surface area (Å²) in [5.41, 5.74) is 6.79. The molecule has 3 nitrogen and oxygen atoms in total. The summed E-state index contributed by atoms with van der Waals surface area (Å²) in [6.45, 7) is 10.0. The van der Waals surface area contributed by atoms with Crippen LogP contribution in [0.5, 0.6) is 0 Å². The Kier molecular flexibility index (Phi) is 5.60. The van der Waals surface area contributed by atoms with Crippen LogP contribution in [0.25, 0.3) is 0 Å². The van der Waals surface area contributed by atoms with Crippen molar-refractivity contribution in [1.29, 1.82) is 0 Å². The van der Waals surface area contributed by atoms with Crippen LogP contribution in [0.15, 0.2) is 24.3 Å². The van der Waals surface area contributed by atoms with Crippen molar-refractivity contribution in [3.8, 4) is 0 Å². The molecular formula is C16H25ClN2O. The van der Waals surface area contributed by atoms with Gasteiger partial charge in [-0.25, -0.2) is 0 Å². The number of carbonyl (C=O) groups is 1. The third-order valence-corrected chi connectivity index (χ3v) is 3.66. The number of hydrogen-bond donors (Lipinski definition) is 2. The molecule has 0 bridgehead atoms. The van der Waals surface area contributed by atoms with E-state index in [2.05, 4.69) is 19.2 Å². The van der Waals surface area contributed by atoms with Crippen LogP contribution in [0.2, 0.25) is 5.02 Å². The van der Waals surface area contributed by atoms with Crippen LogP contribution in [-0.4, -0.2) is 11.9 Å². The smallest absolute Gasteiger partial charge is 0.237 e. The molecule has 4 heteroatoms. The number of amides is 1. The summed E-state index contributed by atoms with van der Waals surface area (Å²) in [4.78, 5) is 12.3. The van der Waals surface area contributed by atoms with Crippen molar-refractivity contribution >= 4 is 17.5 Å². The molecule has 0 saturated carbocycles. The maximum absolute atomic E-state index is 12.3. The standard InChI is InChI=1S/C16H25ClN2O/c1-10(2)13(11-6-8-12(17)9-7-11)19-15(20)14(18)16(3,4)5/h6-10,13-14H,18H2,1-5H3,(H,19,20)/t13?,14-/m1/s1. The zero-order chi connectivity index (χ0) is 15.5. The molecule has 0 aliphatic heterocycles. The van der Waals surface area contributed by atoms with Gasteiger partial charge in [-0.2, -0.15) is 0 Å². The van der Waals surface area contributed by atoms with Gasteiger partial charge in [0.15, 0.2) is 0 Å². The highest BCUT2D eigenvalue weighted by Gasteiger charge is 2.29. The Bertz CT molecular complexity index is 449. The van der Waals surface area contributed by atoms with Crippen molar-refractivity contribution in [1.82, 2.24) is 5.32 Å². The number of benzene rings is 1. The molecule has 0 saturated heterocycles. The van der Waals surface area contributed by atoms with Crippen LogP contribution < -0.4 is 11.1 Å². The highest BCUT2D eigenvalue weighted by Crippen LogP contribution is 2.25. The molecule has 1 amide bonds. The number of nitrogens with two attached hydrogens (primary N) is 1. The van der Waals surface area contributed by atoms with E-state index in [1.54, 1.807) is 0 Å². The van der Waals surface area contributed by atoms with Gasteiger partial charge in [0, 0.05) is 5.02 Å². The summed E-state index contributed by atoms with van der Waals surface area (Å²) < 4.78 is 0. The van der Waals surface area contributed by atoms with Crippen molar-refractivity contribution in [2.75, 3.05) is 0 Å². The average molecular weight is 297 g/mol. The fourth-order valence-corrected chi connectivity index (χ4v) is 2.07. The molecule has 20 heavy (non-hydrogen) atoms. The zero-order valence-electron chi connectivity index (χ0n) is 12.9.